The molecule has 6 aromatic rings. The molecule has 2 N–H and O–H groups in total. The number of carbonyl (C=O) groups is 1. The van der Waals surface area contributed by atoms with Crippen LogP contribution in [0.25, 0.3) is 39.0 Å². The van der Waals surface area contributed by atoms with E-state index in [1.165, 1.54) is 36.2 Å². The van der Waals surface area contributed by atoms with Crippen molar-refractivity contribution in [1.29, 1.82) is 0 Å². The summed E-state index contributed by atoms with van der Waals surface area (Å²) >= 11 is 0. The minimum Gasteiger partial charge on any atom is -0.393 e. The molecule has 4 aromatic heterocycles. The minimum absolute atomic E-state index is 0.0228. The highest BCUT2D eigenvalue weighted by Gasteiger charge is 2.46. The fourth-order valence-corrected chi connectivity index (χ4v) is 8.27. The van der Waals surface area contributed by atoms with Gasteiger partial charge >= 0.3 is 0 Å². The normalized spacial score (nSPS) is 20.8. The first-order valence-corrected chi connectivity index (χ1v) is 18.5. The predicted molar refractivity (Wildman–Crippen MR) is 205 cm³/mol. The summed E-state index contributed by atoms with van der Waals surface area (Å²) in [4.78, 5) is 39.5. The van der Waals surface area contributed by atoms with Crippen molar-refractivity contribution in [2.45, 2.75) is 43.7 Å². The Morgan fingerprint density at radius 2 is 1.81 bits per heavy atom. The van der Waals surface area contributed by atoms with Crippen molar-refractivity contribution in [3.05, 3.63) is 78.0 Å². The third kappa shape index (κ3) is 6.27. The van der Waals surface area contributed by atoms with Gasteiger partial charge in [-0.2, -0.15) is 15.1 Å². The predicted octanol–water partition coefficient (Wildman–Crippen LogP) is 3.70. The van der Waals surface area contributed by atoms with Gasteiger partial charge in [0, 0.05) is 58.1 Å². The Labute approximate surface area is 324 Å². The van der Waals surface area contributed by atoms with Gasteiger partial charge in [0.2, 0.25) is 11.9 Å². The third-order valence-electron chi connectivity index (χ3n) is 11.3. The highest BCUT2D eigenvalue weighted by Crippen LogP contribution is 2.38. The second-order valence-corrected chi connectivity index (χ2v) is 15.0. The van der Waals surface area contributed by atoms with E-state index in [1.54, 1.807) is 19.1 Å². The van der Waals surface area contributed by atoms with Crippen molar-refractivity contribution in [2.75, 3.05) is 69.2 Å². The molecule has 3 aliphatic heterocycles. The number of ether oxygens (including phenoxy) is 2. The van der Waals surface area contributed by atoms with Gasteiger partial charge in [0.05, 0.1) is 60.7 Å². The smallest absolute Gasteiger partial charge is 0.245 e. The second-order valence-electron chi connectivity index (χ2n) is 15.0. The van der Waals surface area contributed by atoms with Crippen LogP contribution in [0.3, 0.4) is 0 Å². The van der Waals surface area contributed by atoms with Gasteiger partial charge in [-0.3, -0.25) is 4.79 Å². The SMILES string of the molecule is CO[C@H]1CN(C)C(=O)[C@@H]2C[C@@H](CN2c2nc(N3CC(CO)(OC)C3)nc3c2cnn3-c2ccc(F)cc2F)Nc2cccc(n2)-c2cc(F)cc3nc(C)n(c23)C1. The summed E-state index contributed by atoms with van der Waals surface area (Å²) < 4.78 is 59.2. The zero-order valence-corrected chi connectivity index (χ0v) is 31.7. The van der Waals surface area contributed by atoms with E-state index < -0.39 is 35.2 Å². The number of methoxy groups -OCH3 is 2. The molecule has 57 heavy (non-hydrogen) atoms. The van der Waals surface area contributed by atoms with E-state index in [1.807, 2.05) is 39.5 Å². The van der Waals surface area contributed by atoms with E-state index in [4.69, 9.17) is 24.4 Å². The molecular weight excluding hydrogens is 743 g/mol. The molecule has 1 amide bonds. The molecule has 0 radical (unpaired) electrons. The van der Waals surface area contributed by atoms with Gasteiger partial charge in [-0.15, -0.1) is 0 Å². The summed E-state index contributed by atoms with van der Waals surface area (Å²) in [5, 5.41) is 18.5. The number of nitrogens with one attached hydrogen (secondary N) is 1. The van der Waals surface area contributed by atoms with Crippen molar-refractivity contribution >= 4 is 45.6 Å². The molecule has 0 spiro atoms. The molecular formula is C39H40F3N11O4. The molecule has 3 aliphatic rings. The number of aromatic nitrogens is 7. The molecule has 2 fully saturated rings. The van der Waals surface area contributed by atoms with Crippen LogP contribution in [0.2, 0.25) is 0 Å². The molecule has 15 nitrogen and oxygen atoms in total. The molecule has 18 heteroatoms. The average Bonchev–Trinajstić information content (AvgIpc) is 3.88. The zero-order chi connectivity index (χ0) is 39.7. The zero-order valence-electron chi connectivity index (χ0n) is 31.7. The van der Waals surface area contributed by atoms with Crippen molar-refractivity contribution in [2.24, 2.45) is 0 Å². The van der Waals surface area contributed by atoms with Crippen LogP contribution in [0, 0.1) is 24.4 Å². The van der Waals surface area contributed by atoms with Gasteiger partial charge in [0.1, 0.15) is 46.4 Å². The Kier molecular flexibility index (Phi) is 9.01. The van der Waals surface area contributed by atoms with E-state index in [-0.39, 0.29) is 55.5 Å². The number of fused-ring (bicyclic) bond motifs is 6. The van der Waals surface area contributed by atoms with Gasteiger partial charge in [-0.1, -0.05) is 6.07 Å². The van der Waals surface area contributed by atoms with E-state index in [0.29, 0.717) is 64.6 Å². The molecule has 3 atom stereocenters. The number of aryl methyl sites for hydroxylation is 1. The first kappa shape index (κ1) is 36.8. The Hall–Kier alpha value is -5.85. The maximum atomic E-state index is 15.3. The lowest BCUT2D eigenvalue weighted by Gasteiger charge is -2.47. The highest BCUT2D eigenvalue weighted by atomic mass is 19.1. The molecule has 9 rings (SSSR count). The van der Waals surface area contributed by atoms with Crippen molar-refractivity contribution < 1.29 is 32.5 Å². The monoisotopic (exact) mass is 783 g/mol. The number of rotatable bonds is 6. The van der Waals surface area contributed by atoms with Crippen LogP contribution in [0.5, 0.6) is 0 Å². The first-order valence-electron chi connectivity index (χ1n) is 18.5. The van der Waals surface area contributed by atoms with Crippen molar-refractivity contribution in [3.8, 4) is 16.9 Å². The number of carbonyl (C=O) groups excluding carboxylic acids is 1. The number of imidazole rings is 1. The molecule has 0 aliphatic carbocycles. The Balaban J connectivity index is 1.17. The third-order valence-corrected chi connectivity index (χ3v) is 11.3. The fourth-order valence-electron chi connectivity index (χ4n) is 8.27. The van der Waals surface area contributed by atoms with Gasteiger partial charge in [0.15, 0.2) is 11.5 Å². The number of anilines is 3. The van der Waals surface area contributed by atoms with Crippen LogP contribution in [0.15, 0.2) is 54.7 Å². The van der Waals surface area contributed by atoms with E-state index in [2.05, 4.69) is 15.4 Å². The minimum atomic E-state index is -0.836. The molecule has 296 valence electrons. The van der Waals surface area contributed by atoms with Gasteiger partial charge in [-0.25, -0.2) is 27.8 Å². The second kappa shape index (κ2) is 14.0. The number of hydrogen-bond donors (Lipinski definition) is 2. The quantitative estimate of drug-likeness (QED) is 0.254. The van der Waals surface area contributed by atoms with Gasteiger partial charge < -0.3 is 39.2 Å². The molecule has 2 saturated heterocycles. The Bertz CT molecular complexity index is 2530. The lowest BCUT2D eigenvalue weighted by Crippen LogP contribution is -2.65. The maximum Gasteiger partial charge on any atom is 0.245 e. The lowest BCUT2D eigenvalue weighted by atomic mass is 9.95. The van der Waals surface area contributed by atoms with Gasteiger partial charge in [0.25, 0.3) is 0 Å². The summed E-state index contributed by atoms with van der Waals surface area (Å²) in [6.45, 7) is 3.01. The van der Waals surface area contributed by atoms with Crippen molar-refractivity contribution in [1.82, 2.24) is 39.2 Å². The fraction of sp³-hybridized carbons (Fsp3) is 0.385. The topological polar surface area (TPSA) is 152 Å². The first-order chi connectivity index (χ1) is 27.5. The van der Waals surface area contributed by atoms with Crippen LogP contribution >= 0.6 is 0 Å². The number of amides is 1. The number of pyridine rings is 1. The summed E-state index contributed by atoms with van der Waals surface area (Å²) in [6.07, 6.45) is 1.39. The largest absolute Gasteiger partial charge is 0.393 e. The van der Waals surface area contributed by atoms with Gasteiger partial charge in [-0.05, 0) is 43.7 Å². The molecule has 2 aromatic carbocycles. The number of aliphatic hydroxyl groups excluding tert-OH is 1. The molecule has 0 unspecified atom stereocenters. The number of aliphatic hydroxyl groups is 1. The number of hydrogen-bond acceptors (Lipinski definition) is 12. The maximum absolute atomic E-state index is 15.3. The van der Waals surface area contributed by atoms with E-state index >= 15 is 8.78 Å². The number of likely N-dealkylation sites (N-methyl/N-ethyl adjacent to an activating group) is 1. The number of benzene rings is 2. The summed E-state index contributed by atoms with van der Waals surface area (Å²) in [5.41, 5.74) is 1.71. The molecule has 7 heterocycles. The van der Waals surface area contributed by atoms with Crippen LogP contribution in [0.4, 0.5) is 30.8 Å². The number of nitrogens with zero attached hydrogens (tertiary/aromatic N) is 10. The summed E-state index contributed by atoms with van der Waals surface area (Å²) in [6, 6.07) is 10.5. The van der Waals surface area contributed by atoms with E-state index in [9.17, 15) is 14.3 Å². The van der Waals surface area contributed by atoms with Crippen LogP contribution in [-0.2, 0) is 20.8 Å². The Morgan fingerprint density at radius 3 is 2.56 bits per heavy atom. The lowest BCUT2D eigenvalue weighted by molar-refractivity contribution is -0.132. The number of halogens is 3. The average molecular weight is 784 g/mol. The summed E-state index contributed by atoms with van der Waals surface area (Å²) in [7, 11) is 4.84. The summed E-state index contributed by atoms with van der Waals surface area (Å²) in [5.74, 6) is -0.391. The van der Waals surface area contributed by atoms with Crippen LogP contribution < -0.4 is 15.1 Å². The standard InChI is InChI=1S/C39H40F3N11O4/c1-21-44-30-12-23(41)10-26-29-6-5-7-33(46-29)45-24-13-32(37(55)49(2)16-25(56-3)17-51(21)34(26)30)52(15-24)35-27-14-43-53(31-9-8-22(40)11-28(31)42)36(27)48-38(47-35)50-18-39(19-50,20-54)57-4/h5-12,14,24-25,32,54H,13,15-20H2,1-4H3,(H,45,46)/t24-,25-,32-/m0/s1. The Morgan fingerprint density at radius 1 is 0.982 bits per heavy atom. The van der Waals surface area contributed by atoms with E-state index in [0.717, 1.165) is 12.1 Å². The van der Waals surface area contributed by atoms with Crippen molar-refractivity contribution in [3.63, 3.8) is 0 Å². The van der Waals surface area contributed by atoms with Crippen LogP contribution in [-0.4, -0.2) is 128 Å². The molecule has 4 bridgehead atoms. The molecule has 0 saturated carbocycles. The van der Waals surface area contributed by atoms with Crippen LogP contribution in [0.1, 0.15) is 12.2 Å². The highest BCUT2D eigenvalue weighted by molar-refractivity contribution is 5.94.